The number of aromatic nitrogens is 5. The van der Waals surface area contributed by atoms with Crippen LogP contribution in [0.1, 0.15) is 56.3 Å². The van der Waals surface area contributed by atoms with Gasteiger partial charge in [-0.3, -0.25) is 9.78 Å². The highest BCUT2D eigenvalue weighted by molar-refractivity contribution is 6.06. The van der Waals surface area contributed by atoms with E-state index in [9.17, 15) is 9.90 Å². The number of carbonyl (C=O) groups is 1. The van der Waals surface area contributed by atoms with E-state index in [-0.39, 0.29) is 5.91 Å². The maximum absolute atomic E-state index is 12.2. The van der Waals surface area contributed by atoms with Crippen molar-refractivity contribution in [1.29, 1.82) is 0 Å². The standard InChI is InChI=1S/C26H29N7O2/c1-16(34)25(35)32-12-10-21-17(15-32)7-8-23(29-21)30-26-28-13-20-19-9-11-27-14-22(19)33(24(20)31-26)18-5-3-2-4-6-18/h7-9,11,13-14,16,18,34H,2-6,10,12,15H2,1H3,(H,28,29,30,31). The van der Waals surface area contributed by atoms with E-state index in [0.717, 1.165) is 46.0 Å². The lowest BCUT2D eigenvalue weighted by Crippen LogP contribution is -2.41. The molecule has 0 bridgehead atoms. The number of rotatable bonds is 4. The highest BCUT2D eigenvalue weighted by Gasteiger charge is 2.25. The van der Waals surface area contributed by atoms with E-state index < -0.39 is 6.10 Å². The molecule has 9 nitrogen and oxygen atoms in total. The molecule has 35 heavy (non-hydrogen) atoms. The minimum Gasteiger partial charge on any atom is -0.384 e. The van der Waals surface area contributed by atoms with Crippen LogP contribution in [-0.2, 0) is 17.8 Å². The fourth-order valence-electron chi connectivity index (χ4n) is 5.49. The van der Waals surface area contributed by atoms with E-state index in [2.05, 4.69) is 19.9 Å². The molecule has 0 spiro atoms. The number of fused-ring (bicyclic) bond motifs is 4. The van der Waals surface area contributed by atoms with E-state index in [1.165, 1.54) is 26.2 Å². The third kappa shape index (κ3) is 3.99. The van der Waals surface area contributed by atoms with Crippen LogP contribution in [0.25, 0.3) is 21.9 Å². The van der Waals surface area contributed by atoms with Crippen molar-refractivity contribution in [1.82, 2.24) is 29.4 Å². The maximum atomic E-state index is 12.2. The Bertz CT molecular complexity index is 1410. The third-order valence-corrected chi connectivity index (χ3v) is 7.24. The number of aliphatic hydroxyl groups is 1. The average molecular weight is 472 g/mol. The van der Waals surface area contributed by atoms with Gasteiger partial charge in [-0.05, 0) is 37.5 Å². The third-order valence-electron chi connectivity index (χ3n) is 7.24. The van der Waals surface area contributed by atoms with Crippen LogP contribution in [0.3, 0.4) is 0 Å². The van der Waals surface area contributed by atoms with Gasteiger partial charge >= 0.3 is 0 Å². The summed E-state index contributed by atoms with van der Waals surface area (Å²) in [6.45, 7) is 2.51. The van der Waals surface area contributed by atoms with Crippen LogP contribution in [0.5, 0.6) is 0 Å². The number of nitrogens with zero attached hydrogens (tertiary/aromatic N) is 6. The van der Waals surface area contributed by atoms with E-state index in [0.29, 0.717) is 37.3 Å². The fourth-order valence-corrected chi connectivity index (χ4v) is 5.49. The van der Waals surface area contributed by atoms with Crippen molar-refractivity contribution in [2.24, 2.45) is 0 Å². The Kier molecular flexibility index (Phi) is 5.56. The largest absolute Gasteiger partial charge is 0.384 e. The molecule has 1 amide bonds. The summed E-state index contributed by atoms with van der Waals surface area (Å²) in [5.41, 5.74) is 4.00. The highest BCUT2D eigenvalue weighted by atomic mass is 16.3. The summed E-state index contributed by atoms with van der Waals surface area (Å²) in [5.74, 6) is 0.947. The van der Waals surface area contributed by atoms with Gasteiger partial charge in [0.15, 0.2) is 0 Å². The Morgan fingerprint density at radius 3 is 2.80 bits per heavy atom. The van der Waals surface area contributed by atoms with Crippen molar-refractivity contribution >= 4 is 39.6 Å². The molecule has 6 rings (SSSR count). The molecule has 2 aliphatic rings. The number of hydrogen-bond donors (Lipinski definition) is 2. The predicted molar refractivity (Wildman–Crippen MR) is 133 cm³/mol. The molecule has 0 radical (unpaired) electrons. The summed E-state index contributed by atoms with van der Waals surface area (Å²) in [5, 5.41) is 15.1. The SMILES string of the molecule is CC(O)C(=O)N1CCc2nc(Nc3ncc4c5ccncc5n(C5CCCCC5)c4n3)ccc2C1. The highest BCUT2D eigenvalue weighted by Crippen LogP contribution is 2.36. The molecule has 4 aromatic heterocycles. The lowest BCUT2D eigenvalue weighted by Gasteiger charge is -2.29. The molecule has 1 unspecified atom stereocenters. The molecule has 2 N–H and O–H groups in total. The van der Waals surface area contributed by atoms with Crippen molar-refractivity contribution in [3.05, 3.63) is 48.0 Å². The molecule has 0 saturated heterocycles. The second-order valence-electron chi connectivity index (χ2n) is 9.60. The van der Waals surface area contributed by atoms with E-state index >= 15 is 0 Å². The fraction of sp³-hybridized carbons (Fsp3) is 0.423. The number of pyridine rings is 2. The second kappa shape index (κ2) is 8.88. The molecule has 1 fully saturated rings. The minimum atomic E-state index is -0.988. The number of hydrogen-bond acceptors (Lipinski definition) is 7. The lowest BCUT2D eigenvalue weighted by molar-refractivity contribution is -0.140. The second-order valence-corrected chi connectivity index (χ2v) is 9.60. The van der Waals surface area contributed by atoms with Gasteiger partial charge in [0, 0.05) is 54.4 Å². The van der Waals surface area contributed by atoms with Gasteiger partial charge in [-0.1, -0.05) is 25.3 Å². The van der Waals surface area contributed by atoms with Crippen molar-refractivity contribution in [3.8, 4) is 0 Å². The van der Waals surface area contributed by atoms with E-state index in [1.54, 1.807) is 4.90 Å². The molecule has 180 valence electrons. The van der Waals surface area contributed by atoms with Crippen molar-refractivity contribution in [2.75, 3.05) is 11.9 Å². The summed E-state index contributed by atoms with van der Waals surface area (Å²) >= 11 is 0. The molecule has 1 aliphatic heterocycles. The molecular weight excluding hydrogens is 442 g/mol. The summed E-state index contributed by atoms with van der Waals surface area (Å²) in [7, 11) is 0. The summed E-state index contributed by atoms with van der Waals surface area (Å²) in [4.78, 5) is 32.5. The van der Waals surface area contributed by atoms with Crippen LogP contribution in [-0.4, -0.2) is 53.1 Å². The lowest BCUT2D eigenvalue weighted by atomic mass is 9.95. The first-order valence-corrected chi connectivity index (χ1v) is 12.4. The van der Waals surface area contributed by atoms with Crippen LogP contribution in [0, 0.1) is 0 Å². The number of aliphatic hydroxyl groups excluding tert-OH is 1. The molecule has 1 saturated carbocycles. The average Bonchev–Trinajstić information content (AvgIpc) is 3.22. The molecule has 1 atom stereocenters. The Morgan fingerprint density at radius 1 is 1.11 bits per heavy atom. The predicted octanol–water partition coefficient (Wildman–Crippen LogP) is 3.89. The quantitative estimate of drug-likeness (QED) is 0.465. The monoisotopic (exact) mass is 471 g/mol. The van der Waals surface area contributed by atoms with Crippen molar-refractivity contribution < 1.29 is 9.90 Å². The van der Waals surface area contributed by atoms with E-state index in [4.69, 9.17) is 9.97 Å². The molecule has 0 aromatic carbocycles. The van der Waals surface area contributed by atoms with Crippen LogP contribution >= 0.6 is 0 Å². The van der Waals surface area contributed by atoms with E-state index in [1.807, 2.05) is 36.8 Å². The van der Waals surface area contributed by atoms with Gasteiger partial charge in [0.2, 0.25) is 5.95 Å². The zero-order valence-electron chi connectivity index (χ0n) is 19.8. The van der Waals surface area contributed by atoms with Crippen LogP contribution in [0.15, 0.2) is 36.8 Å². The molecule has 4 aromatic rings. The van der Waals surface area contributed by atoms with Gasteiger partial charge in [0.1, 0.15) is 17.6 Å². The zero-order valence-corrected chi connectivity index (χ0v) is 19.8. The molecule has 1 aliphatic carbocycles. The Hall–Kier alpha value is -3.59. The maximum Gasteiger partial charge on any atom is 0.251 e. The minimum absolute atomic E-state index is 0.247. The Labute approximate surface area is 203 Å². The Morgan fingerprint density at radius 2 is 1.97 bits per heavy atom. The normalized spacial score (nSPS) is 17.5. The van der Waals surface area contributed by atoms with Gasteiger partial charge in [-0.2, -0.15) is 4.98 Å². The molecule has 5 heterocycles. The van der Waals surface area contributed by atoms with Gasteiger partial charge in [0.05, 0.1) is 11.7 Å². The number of amides is 1. The van der Waals surface area contributed by atoms with Crippen LogP contribution in [0.2, 0.25) is 0 Å². The number of anilines is 2. The summed E-state index contributed by atoms with van der Waals surface area (Å²) in [6, 6.07) is 6.34. The van der Waals surface area contributed by atoms with Gasteiger partial charge < -0.3 is 19.9 Å². The van der Waals surface area contributed by atoms with Gasteiger partial charge in [-0.15, -0.1) is 0 Å². The number of carbonyl (C=O) groups excluding carboxylic acids is 1. The van der Waals surface area contributed by atoms with Crippen molar-refractivity contribution in [2.45, 2.75) is 64.1 Å². The zero-order chi connectivity index (χ0) is 23.9. The van der Waals surface area contributed by atoms with Crippen molar-refractivity contribution in [3.63, 3.8) is 0 Å². The van der Waals surface area contributed by atoms with Crippen LogP contribution in [0.4, 0.5) is 11.8 Å². The first-order chi connectivity index (χ1) is 17.1. The molecular formula is C26H29N7O2. The van der Waals surface area contributed by atoms with Gasteiger partial charge in [0.25, 0.3) is 5.91 Å². The summed E-state index contributed by atoms with van der Waals surface area (Å²) < 4.78 is 2.36. The topological polar surface area (TPSA) is 109 Å². The van der Waals surface area contributed by atoms with Crippen LogP contribution < -0.4 is 5.32 Å². The first-order valence-electron chi connectivity index (χ1n) is 12.4. The smallest absolute Gasteiger partial charge is 0.251 e. The Balaban J connectivity index is 1.31. The number of nitrogens with one attached hydrogen (secondary N) is 1. The van der Waals surface area contributed by atoms with Gasteiger partial charge in [-0.25, -0.2) is 9.97 Å². The first kappa shape index (κ1) is 21.9. The summed E-state index contributed by atoms with van der Waals surface area (Å²) in [6.07, 6.45) is 11.4. The molecule has 9 heteroatoms.